The first-order valence-corrected chi connectivity index (χ1v) is 26.5. The number of aliphatic hydroxyl groups excluding tert-OH is 2. The molecule has 1 aliphatic carbocycles. The van der Waals surface area contributed by atoms with Crippen LogP contribution >= 0.6 is 0 Å². The molecule has 3 fully saturated rings. The van der Waals surface area contributed by atoms with Crippen LogP contribution in [-0.4, -0.2) is 196 Å². The molecular formula is C49H77N7O20S. The van der Waals surface area contributed by atoms with Gasteiger partial charge in [-0.1, -0.05) is 12.1 Å². The Bertz CT molecular complexity index is 2490. The first-order valence-electron chi connectivity index (χ1n) is 25.0. The number of benzene rings is 1. The van der Waals surface area contributed by atoms with Crippen LogP contribution in [-0.2, 0) is 48.0 Å². The predicted molar refractivity (Wildman–Crippen MR) is 270 cm³/mol. The molecule has 1 unspecified atom stereocenters. The number of sulfonamides is 1. The summed E-state index contributed by atoms with van der Waals surface area (Å²) in [4.78, 5) is 80.3. The number of carbonyl (C=O) groups excluding carboxylic acids is 5. The molecular weight excluding hydrogens is 1040 g/mol. The van der Waals surface area contributed by atoms with Gasteiger partial charge in [0.15, 0.2) is 16.8 Å². The number of alkyl carbamates (subject to hydrolysis) is 2. The molecule has 1 saturated carbocycles. The van der Waals surface area contributed by atoms with Crippen molar-refractivity contribution in [3.8, 4) is 0 Å². The van der Waals surface area contributed by atoms with Crippen molar-refractivity contribution in [2.45, 2.75) is 196 Å². The van der Waals surface area contributed by atoms with Crippen LogP contribution in [0.25, 0.3) is 0 Å². The Kier molecular flexibility index (Phi) is 18.6. The molecule has 434 valence electrons. The molecule has 8 N–H and O–H groups in total. The number of para-hydroxylation sites is 1. The van der Waals surface area contributed by atoms with Crippen molar-refractivity contribution in [2.24, 2.45) is 5.92 Å². The minimum Gasteiger partial charge on any atom is -0.491 e. The second kappa shape index (κ2) is 23.0. The third-order valence-electron chi connectivity index (χ3n) is 12.4. The second-order valence-corrected chi connectivity index (χ2v) is 25.7. The maximum Gasteiger partial charge on any atom is 0.410 e. The summed E-state index contributed by atoms with van der Waals surface area (Å²) >= 11 is 0. The highest BCUT2D eigenvalue weighted by Gasteiger charge is 2.58. The molecule has 2 saturated heterocycles. The SMILES string of the molecule is CN(C(=O)OC(C)(C)C)[C@@H]1[C@@H](O)[C@@H](O[C@@H]2[C@@H](O)[C@H](C3OC(CNS(=O)(=O)c4ccccc4[N+](=O)[O-])=CC[C@H]3NC(=O)OC(C)(C)C)[C@@H](NC(=O)OC(C)(C)C)C[C@H]2NC(=O)C2(O)CN(C(=O)OC(C)(C)C)C2)OC[C@]1(C)O. The molecule has 1 aromatic rings. The number of nitro benzene ring substituents is 1. The first-order chi connectivity index (χ1) is 35.1. The lowest BCUT2D eigenvalue weighted by Crippen LogP contribution is -2.74. The van der Waals surface area contributed by atoms with Crippen molar-refractivity contribution in [3.63, 3.8) is 0 Å². The normalized spacial score (nSPS) is 28.8. The van der Waals surface area contributed by atoms with E-state index in [1.165, 1.54) is 32.2 Å². The molecule has 0 radical (unpaired) electrons. The summed E-state index contributed by atoms with van der Waals surface area (Å²) in [6.07, 6.45) is -11.9. The quantitative estimate of drug-likeness (QED) is 0.0798. The highest BCUT2D eigenvalue weighted by molar-refractivity contribution is 7.89. The lowest BCUT2D eigenvalue weighted by Gasteiger charge is -2.52. The van der Waals surface area contributed by atoms with Crippen LogP contribution in [0, 0.1) is 16.0 Å². The average Bonchev–Trinajstić information content (AvgIpc) is 3.24. The summed E-state index contributed by atoms with van der Waals surface area (Å²) in [6, 6.07) is -0.893. The maximum atomic E-state index is 14.3. The van der Waals surface area contributed by atoms with Gasteiger partial charge in [0.05, 0.1) is 55.4 Å². The van der Waals surface area contributed by atoms with Crippen LogP contribution in [0.15, 0.2) is 41.0 Å². The van der Waals surface area contributed by atoms with Crippen LogP contribution in [0.3, 0.4) is 0 Å². The first kappa shape index (κ1) is 62.2. The summed E-state index contributed by atoms with van der Waals surface area (Å²) in [5, 5.41) is 68.2. The van der Waals surface area contributed by atoms with Crippen LogP contribution in [0.2, 0.25) is 0 Å². The second-order valence-electron chi connectivity index (χ2n) is 24.0. The number of likely N-dealkylation sites (tertiary alicyclic amines) is 1. The van der Waals surface area contributed by atoms with E-state index in [1.54, 1.807) is 83.1 Å². The molecule has 3 heterocycles. The standard InChI is InChI=1S/C49H77N7O20S/c1-44(2,3)73-40(60)52-27-20-19-26(22-50-77(68,69)31-18-16-15-17-30(31)56(66)67)71-35(27)32-28(53-41(61)74-45(4,5)6)21-29(51-39(59)49(65)23-55(24-49)43(63)76-47(10,11)12)36(33(32)57)72-38-34(58)37(48(13,64)25-70-38)54(14)42(62)75-46(7,8)9/h15-19,27-29,32-38,50,57-58,64-65H,20-25H2,1-14H3,(H,51,59)(H,52,60)(H,53,61)/t27-,28+,29-,32-,33+,34-,35?,36+,37-,38-,48+/m1/s1. The van der Waals surface area contributed by atoms with Crippen molar-refractivity contribution < 1.29 is 90.9 Å². The van der Waals surface area contributed by atoms with Gasteiger partial charge >= 0.3 is 24.4 Å². The molecule has 0 bridgehead atoms. The zero-order valence-electron chi connectivity index (χ0n) is 46.0. The number of carbonyl (C=O) groups is 5. The van der Waals surface area contributed by atoms with Crippen LogP contribution in [0.5, 0.6) is 0 Å². The highest BCUT2D eigenvalue weighted by atomic mass is 32.2. The van der Waals surface area contributed by atoms with Crippen molar-refractivity contribution in [3.05, 3.63) is 46.2 Å². The number of likely N-dealkylation sites (N-methyl/N-ethyl adjacent to an activating group) is 1. The molecule has 27 nitrogen and oxygen atoms in total. The van der Waals surface area contributed by atoms with Gasteiger partial charge in [-0.25, -0.2) is 32.3 Å². The lowest BCUT2D eigenvalue weighted by atomic mass is 9.72. The molecule has 77 heavy (non-hydrogen) atoms. The van der Waals surface area contributed by atoms with E-state index in [-0.39, 0.29) is 12.2 Å². The predicted octanol–water partition coefficient (Wildman–Crippen LogP) is 2.27. The van der Waals surface area contributed by atoms with Crippen LogP contribution in [0.1, 0.15) is 103 Å². The molecule has 0 spiro atoms. The van der Waals surface area contributed by atoms with E-state index < -0.39 is 183 Å². The Balaban J connectivity index is 1.61. The Morgan fingerprint density at radius 3 is 1.91 bits per heavy atom. The number of β-amino-alcohol motifs (C(OH)–C–C–N with tert-alkyl or cyclic N) is 1. The van der Waals surface area contributed by atoms with Gasteiger partial charge in [0.2, 0.25) is 10.0 Å². The largest absolute Gasteiger partial charge is 0.491 e. The van der Waals surface area contributed by atoms with Crippen molar-refractivity contribution in [2.75, 3.05) is 33.3 Å². The van der Waals surface area contributed by atoms with Gasteiger partial charge in [-0.3, -0.25) is 14.9 Å². The van der Waals surface area contributed by atoms with E-state index in [4.69, 9.17) is 33.2 Å². The summed E-state index contributed by atoms with van der Waals surface area (Å²) < 4.78 is 70.5. The zero-order valence-corrected chi connectivity index (χ0v) is 46.8. The van der Waals surface area contributed by atoms with E-state index >= 15 is 0 Å². The van der Waals surface area contributed by atoms with Gasteiger partial charge < -0.3 is 79.3 Å². The van der Waals surface area contributed by atoms with Crippen LogP contribution in [0.4, 0.5) is 24.9 Å². The number of hydrogen-bond donors (Lipinski definition) is 8. The minimum absolute atomic E-state index is 0.112. The Labute approximate surface area is 447 Å². The third-order valence-corrected chi connectivity index (χ3v) is 13.9. The van der Waals surface area contributed by atoms with E-state index in [2.05, 4.69) is 20.7 Å². The van der Waals surface area contributed by atoms with Gasteiger partial charge in [-0.2, -0.15) is 0 Å². The Morgan fingerprint density at radius 2 is 1.36 bits per heavy atom. The zero-order chi connectivity index (χ0) is 58.2. The summed E-state index contributed by atoms with van der Waals surface area (Å²) in [6.45, 7) is 18.3. The summed E-state index contributed by atoms with van der Waals surface area (Å²) in [7, 11) is -3.35. The average molecular weight is 1120 g/mol. The van der Waals surface area contributed by atoms with Crippen molar-refractivity contribution in [1.82, 2.24) is 30.5 Å². The Morgan fingerprint density at radius 1 is 0.818 bits per heavy atom. The molecule has 5 rings (SSSR count). The smallest absolute Gasteiger partial charge is 0.410 e. The van der Waals surface area contributed by atoms with Crippen LogP contribution < -0.4 is 20.7 Å². The highest BCUT2D eigenvalue weighted by Crippen LogP contribution is 2.40. The number of nitro groups is 1. The molecule has 0 aromatic heterocycles. The fourth-order valence-corrected chi connectivity index (χ4v) is 10.4. The van der Waals surface area contributed by atoms with Gasteiger partial charge in [-0.05, 0) is 115 Å². The van der Waals surface area contributed by atoms with Gasteiger partial charge in [0.1, 0.15) is 52.1 Å². The minimum atomic E-state index is -4.62. The molecule has 5 amide bonds. The summed E-state index contributed by atoms with van der Waals surface area (Å²) in [5.41, 5.74) is -8.94. The number of nitrogens with one attached hydrogen (secondary N) is 4. The number of hydrogen-bond acceptors (Lipinski definition) is 20. The van der Waals surface area contributed by atoms with Gasteiger partial charge in [0.25, 0.3) is 11.6 Å². The topological polar surface area (TPSA) is 363 Å². The monoisotopic (exact) mass is 1120 g/mol. The van der Waals surface area contributed by atoms with E-state index in [0.29, 0.717) is 0 Å². The van der Waals surface area contributed by atoms with E-state index in [9.17, 15) is 62.9 Å². The molecule has 4 aliphatic rings. The third kappa shape index (κ3) is 16.2. The summed E-state index contributed by atoms with van der Waals surface area (Å²) in [5.74, 6) is -2.67. The van der Waals surface area contributed by atoms with Crippen molar-refractivity contribution >= 4 is 46.0 Å². The van der Waals surface area contributed by atoms with Gasteiger partial charge in [0, 0.05) is 25.1 Å². The number of nitrogens with zero attached hydrogens (tertiary/aromatic N) is 3. The molecule has 11 atom stereocenters. The number of rotatable bonds is 13. The number of ether oxygens (including phenoxy) is 7. The molecule has 3 aliphatic heterocycles. The molecule has 1 aromatic carbocycles. The van der Waals surface area contributed by atoms with E-state index in [0.717, 1.165) is 21.9 Å². The fraction of sp³-hybridized carbons (Fsp3) is 0.735. The number of aliphatic hydroxyl groups is 4. The maximum absolute atomic E-state index is 14.3. The van der Waals surface area contributed by atoms with Gasteiger partial charge in [-0.15, -0.1) is 0 Å². The Hall–Kier alpha value is -5.62. The molecule has 28 heteroatoms. The number of amides is 5. The lowest BCUT2D eigenvalue weighted by molar-refractivity contribution is -0.387. The fourth-order valence-electron chi connectivity index (χ4n) is 9.26. The van der Waals surface area contributed by atoms with Crippen molar-refractivity contribution in [1.29, 1.82) is 0 Å². The van der Waals surface area contributed by atoms with E-state index in [1.807, 2.05) is 0 Å².